The highest BCUT2D eigenvalue weighted by molar-refractivity contribution is 7.80. The van der Waals surface area contributed by atoms with Crippen LogP contribution < -0.4 is 21.7 Å². The summed E-state index contributed by atoms with van der Waals surface area (Å²) in [5, 5.41) is 9.62. The third kappa shape index (κ3) is 10.2. The molecule has 0 rings (SSSR count). The molecule has 104 valence electrons. The van der Waals surface area contributed by atoms with E-state index in [4.69, 9.17) is 30.2 Å². The number of nitrogens with one attached hydrogen (secondary N) is 3. The molecule has 0 atom stereocenters. The zero-order valence-corrected chi connectivity index (χ0v) is 13.5. The monoisotopic (exact) mass is 289 g/mol. The van der Waals surface area contributed by atoms with Gasteiger partial charge in [-0.3, -0.25) is 0 Å². The average Bonchev–Trinajstić information content (AvgIpc) is 1.92. The second kappa shape index (κ2) is 6.29. The smallest absolute Gasteiger partial charge is 0.202 e. The maximum atomic E-state index is 5.70. The topological polar surface area (TPSA) is 74.5 Å². The number of aliphatic imine (C=N–C) groups is 1. The van der Waals surface area contributed by atoms with Crippen molar-refractivity contribution in [3.63, 3.8) is 0 Å². The van der Waals surface area contributed by atoms with Gasteiger partial charge in [-0.25, -0.2) is 0 Å². The highest BCUT2D eigenvalue weighted by Gasteiger charge is 2.13. The van der Waals surface area contributed by atoms with Gasteiger partial charge in [-0.15, -0.1) is 0 Å². The first-order valence-corrected chi connectivity index (χ1v) is 6.46. The van der Waals surface area contributed by atoms with Gasteiger partial charge >= 0.3 is 0 Å². The Labute approximate surface area is 120 Å². The fraction of sp³-hybridized carbons (Fsp3) is 0.727. The van der Waals surface area contributed by atoms with Crippen LogP contribution in [0, 0.1) is 0 Å². The number of guanidine groups is 1. The lowest BCUT2D eigenvalue weighted by molar-refractivity contribution is 0.511. The number of thiocarbonyl (C=S) groups is 2. The highest BCUT2D eigenvalue weighted by atomic mass is 32.1. The predicted molar refractivity (Wildman–Crippen MR) is 85.7 cm³/mol. The summed E-state index contributed by atoms with van der Waals surface area (Å²) in [4.78, 5) is 4.01. The first-order chi connectivity index (χ1) is 7.89. The third-order valence-corrected chi connectivity index (χ3v) is 1.83. The van der Waals surface area contributed by atoms with Crippen LogP contribution in [0.1, 0.15) is 41.5 Å². The van der Waals surface area contributed by atoms with E-state index in [9.17, 15) is 0 Å². The summed E-state index contributed by atoms with van der Waals surface area (Å²) in [5.41, 5.74) is 5.42. The summed E-state index contributed by atoms with van der Waals surface area (Å²) in [6, 6.07) is 0. The van der Waals surface area contributed by atoms with Crippen LogP contribution in [0.15, 0.2) is 4.99 Å². The van der Waals surface area contributed by atoms with Crippen molar-refractivity contribution < 1.29 is 0 Å². The summed E-state index contributed by atoms with van der Waals surface area (Å²) in [6.07, 6.45) is 0. The molecule has 0 aliphatic rings. The van der Waals surface area contributed by atoms with Crippen molar-refractivity contribution >= 4 is 40.6 Å². The molecule has 0 amide bonds. The van der Waals surface area contributed by atoms with Gasteiger partial charge < -0.3 is 21.7 Å². The first kappa shape index (κ1) is 17.1. The maximum Gasteiger partial charge on any atom is 0.202 e. The fourth-order valence-corrected chi connectivity index (χ4v) is 1.79. The van der Waals surface area contributed by atoms with Gasteiger partial charge in [0.1, 0.15) is 0 Å². The van der Waals surface area contributed by atoms with E-state index >= 15 is 0 Å². The molecular formula is C11H23N5S2. The van der Waals surface area contributed by atoms with Gasteiger partial charge in [0.2, 0.25) is 5.96 Å². The van der Waals surface area contributed by atoms with Crippen LogP contribution in [0.4, 0.5) is 0 Å². The molecule has 0 aromatic rings. The molecule has 0 aliphatic carbocycles. The molecule has 0 spiro atoms. The molecule has 0 aromatic heterocycles. The molecule has 0 saturated carbocycles. The van der Waals surface area contributed by atoms with Crippen LogP contribution in [0.2, 0.25) is 0 Å². The molecule has 0 heterocycles. The second-order valence-electron chi connectivity index (χ2n) is 6.01. The molecule has 0 saturated heterocycles. The van der Waals surface area contributed by atoms with E-state index in [0.29, 0.717) is 10.2 Å². The molecule has 0 aromatic carbocycles. The molecule has 0 bridgehead atoms. The second-order valence-corrected chi connectivity index (χ2v) is 6.80. The van der Waals surface area contributed by atoms with Gasteiger partial charge in [-0.1, -0.05) is 0 Å². The van der Waals surface area contributed by atoms with Crippen molar-refractivity contribution in [1.29, 1.82) is 0 Å². The van der Waals surface area contributed by atoms with E-state index in [-0.39, 0.29) is 17.0 Å². The molecule has 0 unspecified atom stereocenters. The molecule has 18 heavy (non-hydrogen) atoms. The lowest BCUT2D eigenvalue weighted by Gasteiger charge is -2.23. The predicted octanol–water partition coefficient (Wildman–Crippen LogP) is 1.24. The van der Waals surface area contributed by atoms with Crippen molar-refractivity contribution in [1.82, 2.24) is 16.0 Å². The minimum atomic E-state index is -0.148. The summed E-state index contributed by atoms with van der Waals surface area (Å²) in [5.74, 6) is 0.165. The largest absolute Gasteiger partial charge is 0.369 e. The van der Waals surface area contributed by atoms with Gasteiger partial charge in [0.25, 0.3) is 0 Å². The van der Waals surface area contributed by atoms with E-state index in [1.54, 1.807) is 0 Å². The van der Waals surface area contributed by atoms with E-state index in [1.165, 1.54) is 0 Å². The van der Waals surface area contributed by atoms with Crippen LogP contribution in [0.5, 0.6) is 0 Å². The van der Waals surface area contributed by atoms with Crippen molar-refractivity contribution in [2.45, 2.75) is 52.6 Å². The number of nitrogens with zero attached hydrogens (tertiary/aromatic N) is 1. The molecular weight excluding hydrogens is 266 g/mol. The molecule has 0 radical (unpaired) electrons. The molecule has 0 aliphatic heterocycles. The molecule has 5 N–H and O–H groups in total. The molecule has 7 heteroatoms. The lowest BCUT2D eigenvalue weighted by atomic mass is 10.1. The van der Waals surface area contributed by atoms with E-state index in [2.05, 4.69) is 20.9 Å². The van der Waals surface area contributed by atoms with Crippen molar-refractivity contribution in [2.24, 2.45) is 10.7 Å². The Morgan fingerprint density at radius 2 is 1.39 bits per heavy atom. The number of hydrogen-bond donors (Lipinski definition) is 4. The Morgan fingerprint density at radius 1 is 0.944 bits per heavy atom. The lowest BCUT2D eigenvalue weighted by Crippen LogP contribution is -2.50. The summed E-state index contributed by atoms with van der Waals surface area (Å²) in [6.45, 7) is 12.0. The minimum Gasteiger partial charge on any atom is -0.369 e. The van der Waals surface area contributed by atoms with Crippen LogP contribution in [0.3, 0.4) is 0 Å². The Kier molecular flexibility index (Phi) is 5.95. The van der Waals surface area contributed by atoms with E-state index in [1.807, 2.05) is 41.5 Å². The van der Waals surface area contributed by atoms with Gasteiger partial charge in [-0.2, -0.15) is 4.99 Å². The molecule has 0 fully saturated rings. The standard InChI is InChI=1S/C11H23N5S2/c1-10(2,3)15-8(17)13-7(12)14-9(18)16-11(4,5)6/h1-6H3,(H5,12,13,14,15,16,17,18). The van der Waals surface area contributed by atoms with Crippen molar-refractivity contribution in [3.8, 4) is 0 Å². The average molecular weight is 289 g/mol. The first-order valence-electron chi connectivity index (χ1n) is 5.64. The summed E-state index contributed by atoms with van der Waals surface area (Å²) in [7, 11) is 0. The zero-order valence-electron chi connectivity index (χ0n) is 11.8. The summed E-state index contributed by atoms with van der Waals surface area (Å²) >= 11 is 10.2. The summed E-state index contributed by atoms with van der Waals surface area (Å²) < 4.78 is 0. The van der Waals surface area contributed by atoms with Gasteiger partial charge in [0.05, 0.1) is 0 Å². The van der Waals surface area contributed by atoms with Crippen molar-refractivity contribution in [2.75, 3.05) is 0 Å². The van der Waals surface area contributed by atoms with Crippen molar-refractivity contribution in [3.05, 3.63) is 0 Å². The molecule has 5 nitrogen and oxygen atoms in total. The third-order valence-electron chi connectivity index (χ3n) is 1.43. The fourth-order valence-electron chi connectivity index (χ4n) is 0.974. The quantitative estimate of drug-likeness (QED) is 0.305. The SMILES string of the molecule is CC(C)(C)NC(=S)/N=C(\N)NC(=S)NC(C)(C)C. The van der Waals surface area contributed by atoms with Crippen LogP contribution in [-0.2, 0) is 0 Å². The van der Waals surface area contributed by atoms with E-state index in [0.717, 1.165) is 0 Å². The zero-order chi connectivity index (χ0) is 14.6. The minimum absolute atomic E-state index is 0.130. The normalized spacial score (nSPS) is 12.9. The van der Waals surface area contributed by atoms with Crippen LogP contribution in [-0.4, -0.2) is 27.3 Å². The number of rotatable bonds is 0. The van der Waals surface area contributed by atoms with Gasteiger partial charge in [-0.05, 0) is 66.0 Å². The van der Waals surface area contributed by atoms with Crippen LogP contribution >= 0.6 is 24.4 Å². The van der Waals surface area contributed by atoms with E-state index < -0.39 is 0 Å². The van der Waals surface area contributed by atoms with Gasteiger partial charge in [0.15, 0.2) is 10.2 Å². The Balaban J connectivity index is 4.36. The highest BCUT2D eigenvalue weighted by Crippen LogP contribution is 1.99. The maximum absolute atomic E-state index is 5.70. The Hall–Kier alpha value is -0.950. The van der Waals surface area contributed by atoms with Gasteiger partial charge in [0, 0.05) is 11.1 Å². The Bertz CT molecular complexity index is 349. The number of hydrogen-bond acceptors (Lipinski definition) is 2. The van der Waals surface area contributed by atoms with Crippen LogP contribution in [0.25, 0.3) is 0 Å². The Morgan fingerprint density at radius 3 is 1.78 bits per heavy atom. The number of nitrogens with two attached hydrogens (primary N) is 1.